The van der Waals surface area contributed by atoms with E-state index >= 15 is 0 Å². The number of anilines is 1. The van der Waals surface area contributed by atoms with Crippen molar-refractivity contribution in [3.63, 3.8) is 0 Å². The quantitative estimate of drug-likeness (QED) is 0.563. The minimum Gasteiger partial charge on any atom is -0.495 e. The van der Waals surface area contributed by atoms with Gasteiger partial charge in [0.25, 0.3) is 5.91 Å². The van der Waals surface area contributed by atoms with E-state index in [4.69, 9.17) is 9.47 Å². The van der Waals surface area contributed by atoms with E-state index in [1.54, 1.807) is 25.3 Å². The van der Waals surface area contributed by atoms with Crippen molar-refractivity contribution in [1.29, 1.82) is 0 Å². The number of fused-ring (bicyclic) bond motifs is 1. The average Bonchev–Trinajstić information content (AvgIpc) is 3.35. The number of esters is 1. The van der Waals surface area contributed by atoms with E-state index in [1.165, 1.54) is 21.8 Å². The summed E-state index contributed by atoms with van der Waals surface area (Å²) < 4.78 is 11.1. The van der Waals surface area contributed by atoms with Crippen LogP contribution in [0.2, 0.25) is 0 Å². The first-order valence-electron chi connectivity index (χ1n) is 9.88. The number of nitrogens with one attached hydrogen (secondary N) is 1. The van der Waals surface area contributed by atoms with Crippen molar-refractivity contribution in [1.82, 2.24) is 0 Å². The SMILES string of the molecule is COc1ccc(C)cc1NC(=O)[C@H](OC(=O)c1cc2c(s1)CCC2)c1ccccc1. The van der Waals surface area contributed by atoms with Crippen molar-refractivity contribution in [3.8, 4) is 5.75 Å². The van der Waals surface area contributed by atoms with Gasteiger partial charge in [-0.25, -0.2) is 4.79 Å². The molecule has 0 aliphatic heterocycles. The lowest BCUT2D eigenvalue weighted by atomic mass is 10.1. The van der Waals surface area contributed by atoms with Gasteiger partial charge in [0.2, 0.25) is 6.10 Å². The second kappa shape index (κ2) is 8.71. The zero-order chi connectivity index (χ0) is 21.1. The fourth-order valence-electron chi connectivity index (χ4n) is 3.61. The summed E-state index contributed by atoms with van der Waals surface area (Å²) in [6.07, 6.45) is 2.06. The van der Waals surface area contributed by atoms with E-state index in [0.717, 1.165) is 24.8 Å². The number of carbonyl (C=O) groups is 2. The van der Waals surface area contributed by atoms with E-state index in [2.05, 4.69) is 5.32 Å². The topological polar surface area (TPSA) is 64.6 Å². The molecule has 1 aromatic heterocycles. The van der Waals surface area contributed by atoms with Crippen LogP contribution in [-0.4, -0.2) is 19.0 Å². The number of thiophene rings is 1. The maximum absolute atomic E-state index is 13.2. The van der Waals surface area contributed by atoms with Gasteiger partial charge in [0, 0.05) is 10.4 Å². The molecule has 0 saturated heterocycles. The highest BCUT2D eigenvalue weighted by molar-refractivity contribution is 7.14. The first-order valence-corrected chi connectivity index (χ1v) is 10.7. The summed E-state index contributed by atoms with van der Waals surface area (Å²) in [5, 5.41) is 2.86. The number of methoxy groups -OCH3 is 1. The summed E-state index contributed by atoms with van der Waals surface area (Å²) in [6.45, 7) is 1.93. The fourth-order valence-corrected chi connectivity index (χ4v) is 4.75. The molecule has 5 nitrogen and oxygen atoms in total. The maximum Gasteiger partial charge on any atom is 0.349 e. The minimum absolute atomic E-state index is 0.428. The number of hydrogen-bond acceptors (Lipinski definition) is 5. The molecule has 1 heterocycles. The van der Waals surface area contributed by atoms with E-state index in [-0.39, 0.29) is 0 Å². The van der Waals surface area contributed by atoms with Crippen LogP contribution in [0.5, 0.6) is 5.75 Å². The summed E-state index contributed by atoms with van der Waals surface area (Å²) in [4.78, 5) is 27.8. The van der Waals surface area contributed by atoms with Gasteiger partial charge in [-0.3, -0.25) is 4.79 Å². The number of ether oxygens (including phenoxy) is 2. The van der Waals surface area contributed by atoms with Gasteiger partial charge in [0.15, 0.2) is 0 Å². The summed E-state index contributed by atoms with van der Waals surface area (Å²) in [5.41, 5.74) is 3.35. The molecular weight excluding hydrogens is 398 g/mol. The fraction of sp³-hybridized carbons (Fsp3) is 0.250. The predicted molar refractivity (Wildman–Crippen MR) is 117 cm³/mol. The van der Waals surface area contributed by atoms with Crippen LogP contribution in [0.25, 0.3) is 0 Å². The van der Waals surface area contributed by atoms with Crippen LogP contribution in [0.4, 0.5) is 5.69 Å². The van der Waals surface area contributed by atoms with E-state index in [1.807, 2.05) is 43.3 Å². The van der Waals surface area contributed by atoms with Crippen molar-refractivity contribution < 1.29 is 19.1 Å². The Labute approximate surface area is 179 Å². The highest BCUT2D eigenvalue weighted by atomic mass is 32.1. The third kappa shape index (κ3) is 4.24. The molecule has 1 aliphatic carbocycles. The zero-order valence-corrected chi connectivity index (χ0v) is 17.8. The molecule has 3 aromatic rings. The molecule has 0 fully saturated rings. The number of hydrogen-bond donors (Lipinski definition) is 1. The Hall–Kier alpha value is -3.12. The second-order valence-electron chi connectivity index (χ2n) is 7.30. The highest BCUT2D eigenvalue weighted by Gasteiger charge is 2.28. The molecule has 0 unspecified atom stereocenters. The number of carbonyl (C=O) groups excluding carboxylic acids is 2. The van der Waals surface area contributed by atoms with Gasteiger partial charge in [-0.1, -0.05) is 36.4 Å². The predicted octanol–water partition coefficient (Wildman–Crippen LogP) is 5.09. The Balaban J connectivity index is 1.59. The van der Waals surface area contributed by atoms with Crippen molar-refractivity contribution in [3.05, 3.63) is 81.0 Å². The zero-order valence-electron chi connectivity index (χ0n) is 16.9. The summed E-state index contributed by atoms with van der Waals surface area (Å²) >= 11 is 1.46. The Kier molecular flexibility index (Phi) is 5.86. The van der Waals surface area contributed by atoms with E-state index < -0.39 is 18.0 Å². The maximum atomic E-state index is 13.2. The van der Waals surface area contributed by atoms with Crippen LogP contribution in [0, 0.1) is 6.92 Å². The number of benzene rings is 2. The molecule has 0 saturated carbocycles. The Bertz CT molecular complexity index is 1050. The third-order valence-electron chi connectivity index (χ3n) is 5.13. The van der Waals surface area contributed by atoms with Crippen LogP contribution >= 0.6 is 11.3 Å². The lowest BCUT2D eigenvalue weighted by molar-refractivity contribution is -0.125. The second-order valence-corrected chi connectivity index (χ2v) is 8.44. The van der Waals surface area contributed by atoms with Gasteiger partial charge >= 0.3 is 5.97 Å². The van der Waals surface area contributed by atoms with Gasteiger partial charge in [0.05, 0.1) is 12.8 Å². The molecule has 154 valence electrons. The van der Waals surface area contributed by atoms with Crippen LogP contribution < -0.4 is 10.1 Å². The van der Waals surface area contributed by atoms with Gasteiger partial charge in [-0.05, 0) is 55.5 Å². The van der Waals surface area contributed by atoms with Gasteiger partial charge < -0.3 is 14.8 Å². The molecule has 1 N–H and O–H groups in total. The molecule has 6 heteroatoms. The molecule has 0 bridgehead atoms. The third-order valence-corrected chi connectivity index (χ3v) is 6.34. The largest absolute Gasteiger partial charge is 0.495 e. The van der Waals surface area contributed by atoms with Crippen molar-refractivity contribution >= 4 is 28.9 Å². The first kappa shape index (κ1) is 20.2. The number of rotatable bonds is 6. The summed E-state index contributed by atoms with van der Waals surface area (Å²) in [5.74, 6) is -0.362. The molecule has 1 aliphatic rings. The van der Waals surface area contributed by atoms with Gasteiger partial charge in [0.1, 0.15) is 10.6 Å². The Morgan fingerprint density at radius 1 is 1.07 bits per heavy atom. The van der Waals surface area contributed by atoms with Crippen molar-refractivity contribution in [2.24, 2.45) is 0 Å². The van der Waals surface area contributed by atoms with Gasteiger partial charge in [-0.2, -0.15) is 0 Å². The molecule has 0 radical (unpaired) electrons. The molecule has 4 rings (SSSR count). The van der Waals surface area contributed by atoms with Crippen LogP contribution in [-0.2, 0) is 22.4 Å². The van der Waals surface area contributed by atoms with Crippen LogP contribution in [0.15, 0.2) is 54.6 Å². The van der Waals surface area contributed by atoms with Crippen LogP contribution in [0.3, 0.4) is 0 Å². The lowest BCUT2D eigenvalue weighted by Gasteiger charge is -2.19. The monoisotopic (exact) mass is 421 g/mol. The van der Waals surface area contributed by atoms with E-state index in [9.17, 15) is 9.59 Å². The molecule has 1 amide bonds. The number of amides is 1. The first-order chi connectivity index (χ1) is 14.5. The molecule has 30 heavy (non-hydrogen) atoms. The Morgan fingerprint density at radius 2 is 1.87 bits per heavy atom. The standard InChI is InChI=1S/C24H23NO4S/c1-15-11-12-19(28-2)18(13-15)25-23(26)22(16-7-4-3-5-8-16)29-24(27)21-14-17-9-6-10-20(17)30-21/h3-5,7-8,11-14,22H,6,9-10H2,1-2H3,(H,25,26)/t22-/m1/s1. The molecule has 1 atom stereocenters. The summed E-state index contributed by atoms with van der Waals surface area (Å²) in [6, 6.07) is 16.5. The lowest BCUT2D eigenvalue weighted by Crippen LogP contribution is -2.26. The highest BCUT2D eigenvalue weighted by Crippen LogP contribution is 2.33. The minimum atomic E-state index is -1.07. The average molecular weight is 422 g/mol. The number of aryl methyl sites for hydroxylation is 3. The van der Waals surface area contributed by atoms with Crippen molar-refractivity contribution in [2.75, 3.05) is 12.4 Å². The molecule has 2 aromatic carbocycles. The van der Waals surface area contributed by atoms with Gasteiger partial charge in [-0.15, -0.1) is 11.3 Å². The van der Waals surface area contributed by atoms with Crippen LogP contribution in [0.1, 0.15) is 43.8 Å². The smallest absolute Gasteiger partial charge is 0.349 e. The molecule has 0 spiro atoms. The Morgan fingerprint density at radius 3 is 2.60 bits per heavy atom. The molecular formula is C24H23NO4S. The summed E-state index contributed by atoms with van der Waals surface area (Å²) in [7, 11) is 1.55. The van der Waals surface area contributed by atoms with Crippen molar-refractivity contribution in [2.45, 2.75) is 32.3 Å². The van der Waals surface area contributed by atoms with E-state index in [0.29, 0.717) is 21.9 Å². The normalized spacial score (nSPS) is 13.4.